The second-order valence-electron chi connectivity index (χ2n) is 7.91. The highest BCUT2D eigenvalue weighted by Crippen LogP contribution is 2.60. The smallest absolute Gasteiger partial charge is 0.226 e. The largest absolute Gasteiger partial charge is 0.351 e. The first-order chi connectivity index (χ1) is 9.14. The maximum atomic E-state index is 12.9. The molecule has 19 heavy (non-hydrogen) atoms. The average molecular weight is 262 g/mol. The van der Waals surface area contributed by atoms with Crippen molar-refractivity contribution < 1.29 is 4.79 Å². The van der Waals surface area contributed by atoms with Crippen molar-refractivity contribution in [2.24, 2.45) is 29.1 Å². The summed E-state index contributed by atoms with van der Waals surface area (Å²) in [4.78, 5) is 12.9. The number of amides is 1. The van der Waals surface area contributed by atoms with Gasteiger partial charge in [0.2, 0.25) is 5.91 Å². The fraction of sp³-hybridized carbons (Fsp3) is 0.938. The summed E-state index contributed by atoms with van der Waals surface area (Å²) in [5.41, 5.74) is 0.0249. The van der Waals surface area contributed by atoms with Crippen LogP contribution in [0.3, 0.4) is 0 Å². The number of nitrogens with one attached hydrogen (secondary N) is 2. The maximum absolute atomic E-state index is 12.9. The normalized spacial score (nSPS) is 51.5. The first-order valence-electron chi connectivity index (χ1n) is 8.16. The highest BCUT2D eigenvalue weighted by atomic mass is 16.2. The van der Waals surface area contributed by atoms with Gasteiger partial charge in [0, 0.05) is 18.0 Å². The van der Waals surface area contributed by atoms with Crippen LogP contribution >= 0.6 is 0 Å². The van der Waals surface area contributed by atoms with E-state index in [-0.39, 0.29) is 5.41 Å². The molecule has 4 aliphatic carbocycles. The van der Waals surface area contributed by atoms with E-state index in [1.54, 1.807) is 0 Å². The van der Waals surface area contributed by atoms with Gasteiger partial charge in [-0.2, -0.15) is 0 Å². The molecule has 0 aromatic heterocycles. The maximum Gasteiger partial charge on any atom is 0.226 e. The van der Waals surface area contributed by atoms with Crippen LogP contribution in [0.1, 0.15) is 45.4 Å². The second-order valence-corrected chi connectivity index (χ2v) is 7.91. The quantitative estimate of drug-likeness (QED) is 0.798. The molecule has 106 valence electrons. The summed E-state index contributed by atoms with van der Waals surface area (Å²) in [7, 11) is 0. The second kappa shape index (κ2) is 4.21. The average Bonchev–Trinajstić information content (AvgIpc) is 2.73. The summed E-state index contributed by atoms with van der Waals surface area (Å²) in [5, 5.41) is 6.77. The Hall–Kier alpha value is -0.570. The van der Waals surface area contributed by atoms with E-state index in [0.717, 1.165) is 30.8 Å². The van der Waals surface area contributed by atoms with Crippen molar-refractivity contribution in [3.63, 3.8) is 0 Å². The van der Waals surface area contributed by atoms with E-state index in [0.29, 0.717) is 17.9 Å². The van der Waals surface area contributed by atoms with Gasteiger partial charge in [0.1, 0.15) is 0 Å². The molecule has 2 atom stereocenters. The van der Waals surface area contributed by atoms with Gasteiger partial charge in [-0.1, -0.05) is 6.92 Å². The number of carbonyl (C=O) groups is 1. The highest BCUT2D eigenvalue weighted by Gasteiger charge is 2.54. The summed E-state index contributed by atoms with van der Waals surface area (Å²) < 4.78 is 0. The van der Waals surface area contributed by atoms with Gasteiger partial charge in [-0.15, -0.1) is 0 Å². The highest BCUT2D eigenvalue weighted by molar-refractivity contribution is 5.83. The van der Waals surface area contributed by atoms with Crippen molar-refractivity contribution in [2.45, 2.75) is 51.5 Å². The molecule has 3 nitrogen and oxygen atoms in total. The van der Waals surface area contributed by atoms with Crippen molar-refractivity contribution >= 4 is 5.91 Å². The molecule has 4 bridgehead atoms. The number of hydrogen-bond acceptors (Lipinski definition) is 2. The van der Waals surface area contributed by atoms with Crippen LogP contribution in [0.15, 0.2) is 0 Å². The van der Waals surface area contributed by atoms with Crippen molar-refractivity contribution in [3.05, 3.63) is 0 Å². The Morgan fingerprint density at radius 1 is 1.05 bits per heavy atom. The van der Waals surface area contributed by atoms with Gasteiger partial charge in [-0.25, -0.2) is 0 Å². The Morgan fingerprint density at radius 2 is 1.63 bits per heavy atom. The zero-order chi connectivity index (χ0) is 13.0. The number of carbonyl (C=O) groups excluding carboxylic acids is 1. The molecule has 1 aliphatic heterocycles. The van der Waals surface area contributed by atoms with Crippen molar-refractivity contribution in [1.82, 2.24) is 10.6 Å². The molecule has 2 unspecified atom stereocenters. The Bertz CT molecular complexity index is 357. The van der Waals surface area contributed by atoms with Gasteiger partial charge in [0.15, 0.2) is 0 Å². The molecule has 2 N–H and O–H groups in total. The molecule has 0 aromatic rings. The Labute approximate surface area is 115 Å². The zero-order valence-corrected chi connectivity index (χ0v) is 12.0. The third-order valence-electron chi connectivity index (χ3n) is 6.35. The molecule has 5 aliphatic rings. The molecule has 0 aromatic carbocycles. The lowest BCUT2D eigenvalue weighted by atomic mass is 9.49. The SMILES string of the molecule is CC1CNCC1NC(=O)C12CC3CC(CC(C3)C1)C2. The molecular formula is C16H26N2O. The predicted octanol–water partition coefficient (Wildman–Crippen LogP) is 1.93. The molecule has 5 fully saturated rings. The van der Waals surface area contributed by atoms with Crippen molar-refractivity contribution in [3.8, 4) is 0 Å². The molecule has 1 amide bonds. The van der Waals surface area contributed by atoms with E-state index in [1.165, 1.54) is 38.5 Å². The topological polar surface area (TPSA) is 41.1 Å². The van der Waals surface area contributed by atoms with Crippen LogP contribution in [0.25, 0.3) is 0 Å². The van der Waals surface area contributed by atoms with Crippen LogP contribution in [0.4, 0.5) is 0 Å². The first kappa shape index (κ1) is 12.2. The molecule has 4 saturated carbocycles. The monoisotopic (exact) mass is 262 g/mol. The van der Waals surface area contributed by atoms with E-state index < -0.39 is 0 Å². The van der Waals surface area contributed by atoms with E-state index in [9.17, 15) is 4.79 Å². The lowest BCUT2D eigenvalue weighted by molar-refractivity contribution is -0.147. The van der Waals surface area contributed by atoms with E-state index in [2.05, 4.69) is 17.6 Å². The van der Waals surface area contributed by atoms with Gasteiger partial charge >= 0.3 is 0 Å². The lowest BCUT2D eigenvalue weighted by Crippen LogP contribution is -2.56. The van der Waals surface area contributed by atoms with Crippen LogP contribution < -0.4 is 10.6 Å². The lowest BCUT2D eigenvalue weighted by Gasteiger charge is -2.55. The molecule has 1 heterocycles. The summed E-state index contributed by atoms with van der Waals surface area (Å²) in [6, 6.07) is 0.362. The van der Waals surface area contributed by atoms with Crippen LogP contribution in [-0.4, -0.2) is 25.0 Å². The molecule has 5 rings (SSSR count). The number of rotatable bonds is 2. The fourth-order valence-corrected chi connectivity index (χ4v) is 5.71. The predicted molar refractivity (Wildman–Crippen MR) is 74.6 cm³/mol. The minimum Gasteiger partial charge on any atom is -0.351 e. The number of hydrogen-bond donors (Lipinski definition) is 2. The van der Waals surface area contributed by atoms with Crippen LogP contribution in [0.2, 0.25) is 0 Å². The minimum absolute atomic E-state index is 0.0249. The van der Waals surface area contributed by atoms with Gasteiger partial charge in [0.05, 0.1) is 0 Å². The van der Waals surface area contributed by atoms with E-state index in [1.807, 2.05) is 0 Å². The molecular weight excluding hydrogens is 236 g/mol. The van der Waals surface area contributed by atoms with Crippen LogP contribution in [0, 0.1) is 29.1 Å². The fourth-order valence-electron chi connectivity index (χ4n) is 5.71. The standard InChI is InChI=1S/C16H26N2O/c1-10-8-17-9-14(10)18-15(19)16-5-11-2-12(6-16)4-13(3-11)7-16/h10-14,17H,2-9H2,1H3,(H,18,19). The van der Waals surface area contributed by atoms with Gasteiger partial charge < -0.3 is 10.6 Å². The van der Waals surface area contributed by atoms with E-state index in [4.69, 9.17) is 0 Å². The third-order valence-corrected chi connectivity index (χ3v) is 6.35. The van der Waals surface area contributed by atoms with Crippen molar-refractivity contribution in [2.75, 3.05) is 13.1 Å². The van der Waals surface area contributed by atoms with Crippen molar-refractivity contribution in [1.29, 1.82) is 0 Å². The van der Waals surface area contributed by atoms with Crippen LogP contribution in [-0.2, 0) is 4.79 Å². The van der Waals surface area contributed by atoms with Gasteiger partial charge in [-0.05, 0) is 68.7 Å². The molecule has 0 radical (unpaired) electrons. The Morgan fingerprint density at radius 3 is 2.11 bits per heavy atom. The Kier molecular flexibility index (Phi) is 2.70. The summed E-state index contributed by atoms with van der Waals surface area (Å²) in [6.45, 7) is 4.25. The zero-order valence-electron chi connectivity index (χ0n) is 12.0. The summed E-state index contributed by atoms with van der Waals surface area (Å²) >= 11 is 0. The van der Waals surface area contributed by atoms with Crippen LogP contribution in [0.5, 0.6) is 0 Å². The molecule has 1 saturated heterocycles. The summed E-state index contributed by atoms with van der Waals surface area (Å²) in [6.07, 6.45) is 7.77. The molecule has 3 heteroatoms. The van der Waals surface area contributed by atoms with Gasteiger partial charge in [-0.3, -0.25) is 4.79 Å². The first-order valence-corrected chi connectivity index (χ1v) is 8.16. The van der Waals surface area contributed by atoms with Gasteiger partial charge in [0.25, 0.3) is 0 Å². The molecule has 0 spiro atoms. The van der Waals surface area contributed by atoms with E-state index >= 15 is 0 Å². The minimum atomic E-state index is 0.0249. The summed E-state index contributed by atoms with van der Waals surface area (Å²) in [5.74, 6) is 3.55. The Balaban J connectivity index is 1.50. The third kappa shape index (κ3) is 1.93.